The lowest BCUT2D eigenvalue weighted by atomic mass is 10.0. The molecule has 2 fully saturated rings. The van der Waals surface area contributed by atoms with Crippen molar-refractivity contribution in [2.75, 3.05) is 26.2 Å². The first-order valence-corrected chi connectivity index (χ1v) is 6.94. The Balaban J connectivity index is 0.00000133. The monoisotopic (exact) mass is 284 g/mol. The van der Waals surface area contributed by atoms with Gasteiger partial charge >= 0.3 is 0 Å². The number of hydrogen-bond donors (Lipinski definition) is 1. The molecule has 1 aliphatic carbocycles. The van der Waals surface area contributed by atoms with E-state index in [1.165, 1.54) is 19.0 Å². The molecule has 0 bridgehead atoms. The zero-order valence-electron chi connectivity index (χ0n) is 11.3. The zero-order valence-corrected chi connectivity index (χ0v) is 12.1. The van der Waals surface area contributed by atoms with Gasteiger partial charge in [0.1, 0.15) is 5.82 Å². The van der Waals surface area contributed by atoms with Gasteiger partial charge in [-0.3, -0.25) is 4.90 Å². The quantitative estimate of drug-likeness (QED) is 0.918. The zero-order chi connectivity index (χ0) is 12.5. The van der Waals surface area contributed by atoms with Gasteiger partial charge in [-0.25, -0.2) is 4.39 Å². The molecule has 1 aliphatic heterocycles. The third-order valence-electron chi connectivity index (χ3n) is 4.33. The van der Waals surface area contributed by atoms with Gasteiger partial charge in [0.2, 0.25) is 0 Å². The highest BCUT2D eigenvalue weighted by Gasteiger charge is 2.36. The Morgan fingerprint density at radius 3 is 2.89 bits per heavy atom. The van der Waals surface area contributed by atoms with Gasteiger partial charge < -0.3 is 5.32 Å². The van der Waals surface area contributed by atoms with Crippen molar-refractivity contribution in [1.29, 1.82) is 0 Å². The number of hydrogen-bond acceptors (Lipinski definition) is 2. The molecular weight excluding hydrogens is 263 g/mol. The van der Waals surface area contributed by atoms with Crippen LogP contribution in [-0.2, 0) is 0 Å². The Hall–Kier alpha value is -0.640. The minimum atomic E-state index is -0.127. The molecule has 1 aromatic carbocycles. The van der Waals surface area contributed by atoms with Gasteiger partial charge in [0.25, 0.3) is 0 Å². The standard InChI is InChI=1S/C15H21FN2.ClH/c1-11-7-13(11)10-18-6-5-17-9-15(18)12-3-2-4-14(16)8-12;/h2-4,8,11,13,15,17H,5-7,9-10H2,1H3;1H. The molecule has 3 unspecified atom stereocenters. The van der Waals surface area contributed by atoms with Crippen molar-refractivity contribution >= 4 is 12.4 Å². The molecule has 19 heavy (non-hydrogen) atoms. The number of piperazine rings is 1. The smallest absolute Gasteiger partial charge is 0.123 e. The van der Waals surface area contributed by atoms with Crippen molar-refractivity contribution in [2.45, 2.75) is 19.4 Å². The van der Waals surface area contributed by atoms with Crippen LogP contribution in [0.5, 0.6) is 0 Å². The maximum absolute atomic E-state index is 13.3. The Bertz CT molecular complexity index is 426. The minimum Gasteiger partial charge on any atom is -0.314 e. The van der Waals surface area contributed by atoms with Crippen molar-refractivity contribution < 1.29 is 4.39 Å². The van der Waals surface area contributed by atoms with Crippen LogP contribution in [0.25, 0.3) is 0 Å². The predicted octanol–water partition coefficient (Wildman–Crippen LogP) is 2.85. The molecule has 3 atom stereocenters. The Morgan fingerprint density at radius 2 is 2.21 bits per heavy atom. The van der Waals surface area contributed by atoms with Crippen molar-refractivity contribution in [3.8, 4) is 0 Å². The number of nitrogens with one attached hydrogen (secondary N) is 1. The van der Waals surface area contributed by atoms with Crippen LogP contribution in [0.2, 0.25) is 0 Å². The molecule has 0 aromatic heterocycles. The van der Waals surface area contributed by atoms with Gasteiger partial charge in [0.05, 0.1) is 0 Å². The van der Waals surface area contributed by atoms with Gasteiger partial charge in [0, 0.05) is 32.2 Å². The van der Waals surface area contributed by atoms with Crippen LogP contribution in [0.4, 0.5) is 4.39 Å². The Morgan fingerprint density at radius 1 is 1.42 bits per heavy atom. The number of benzene rings is 1. The van der Waals surface area contributed by atoms with Crippen LogP contribution in [0.1, 0.15) is 24.9 Å². The summed E-state index contributed by atoms with van der Waals surface area (Å²) in [5, 5.41) is 3.42. The summed E-state index contributed by atoms with van der Waals surface area (Å²) in [6.45, 7) is 6.55. The fraction of sp³-hybridized carbons (Fsp3) is 0.600. The van der Waals surface area contributed by atoms with Crippen LogP contribution in [0, 0.1) is 17.7 Å². The first kappa shape index (κ1) is 14.8. The molecule has 0 radical (unpaired) electrons. The summed E-state index contributed by atoms with van der Waals surface area (Å²) in [6, 6.07) is 7.40. The molecular formula is C15H22ClFN2. The van der Waals surface area contributed by atoms with Gasteiger partial charge in [0.15, 0.2) is 0 Å². The number of halogens is 2. The molecule has 1 heterocycles. The van der Waals surface area contributed by atoms with E-state index in [1.54, 1.807) is 6.07 Å². The third kappa shape index (κ3) is 3.47. The Kier molecular flexibility index (Phi) is 4.82. The summed E-state index contributed by atoms with van der Waals surface area (Å²) in [5.74, 6) is 1.62. The van der Waals surface area contributed by atoms with Crippen LogP contribution in [0.15, 0.2) is 24.3 Å². The molecule has 1 saturated heterocycles. The van der Waals surface area contributed by atoms with E-state index in [-0.39, 0.29) is 18.2 Å². The van der Waals surface area contributed by atoms with Gasteiger partial charge in [-0.05, 0) is 36.0 Å². The van der Waals surface area contributed by atoms with Crippen molar-refractivity contribution in [3.63, 3.8) is 0 Å². The van der Waals surface area contributed by atoms with E-state index in [0.717, 1.165) is 37.0 Å². The molecule has 4 heteroatoms. The summed E-state index contributed by atoms with van der Waals surface area (Å²) in [5.41, 5.74) is 1.11. The second-order valence-electron chi connectivity index (χ2n) is 5.74. The topological polar surface area (TPSA) is 15.3 Å². The summed E-state index contributed by atoms with van der Waals surface area (Å²) >= 11 is 0. The van der Waals surface area contributed by atoms with Crippen molar-refractivity contribution in [2.24, 2.45) is 11.8 Å². The van der Waals surface area contributed by atoms with Crippen LogP contribution in [-0.4, -0.2) is 31.1 Å². The van der Waals surface area contributed by atoms with Gasteiger partial charge in [-0.15, -0.1) is 12.4 Å². The third-order valence-corrected chi connectivity index (χ3v) is 4.33. The number of nitrogens with zero attached hydrogens (tertiary/aromatic N) is 1. The minimum absolute atomic E-state index is 0. The first-order chi connectivity index (χ1) is 8.74. The van der Waals surface area contributed by atoms with Crippen LogP contribution >= 0.6 is 12.4 Å². The predicted molar refractivity (Wildman–Crippen MR) is 78.1 cm³/mol. The highest BCUT2D eigenvalue weighted by molar-refractivity contribution is 5.85. The second-order valence-corrected chi connectivity index (χ2v) is 5.74. The van der Waals surface area contributed by atoms with Gasteiger partial charge in [-0.2, -0.15) is 0 Å². The summed E-state index contributed by atoms with van der Waals surface area (Å²) in [6.07, 6.45) is 1.36. The Labute approximate surface area is 120 Å². The summed E-state index contributed by atoms with van der Waals surface area (Å²) in [7, 11) is 0. The lowest BCUT2D eigenvalue weighted by Gasteiger charge is -2.36. The SMILES string of the molecule is CC1CC1CN1CCNCC1c1cccc(F)c1.Cl. The van der Waals surface area contributed by atoms with E-state index in [1.807, 2.05) is 12.1 Å². The fourth-order valence-corrected chi connectivity index (χ4v) is 2.96. The van der Waals surface area contributed by atoms with E-state index in [0.29, 0.717) is 6.04 Å². The maximum atomic E-state index is 13.3. The molecule has 2 aliphatic rings. The molecule has 0 spiro atoms. The molecule has 106 valence electrons. The van der Waals surface area contributed by atoms with Crippen LogP contribution in [0.3, 0.4) is 0 Å². The highest BCUT2D eigenvalue weighted by Crippen LogP contribution is 2.39. The molecule has 2 nitrogen and oxygen atoms in total. The summed E-state index contributed by atoms with van der Waals surface area (Å²) < 4.78 is 13.3. The van der Waals surface area contributed by atoms with E-state index in [4.69, 9.17) is 0 Å². The molecule has 0 amide bonds. The lowest BCUT2D eigenvalue weighted by Crippen LogP contribution is -2.46. The largest absolute Gasteiger partial charge is 0.314 e. The normalized spacial score (nSPS) is 30.7. The van der Waals surface area contributed by atoms with E-state index >= 15 is 0 Å². The average molecular weight is 285 g/mol. The first-order valence-electron chi connectivity index (χ1n) is 6.94. The van der Waals surface area contributed by atoms with E-state index in [2.05, 4.69) is 17.1 Å². The van der Waals surface area contributed by atoms with Crippen molar-refractivity contribution in [3.05, 3.63) is 35.6 Å². The lowest BCUT2D eigenvalue weighted by molar-refractivity contribution is 0.153. The molecule has 1 saturated carbocycles. The molecule has 1 aromatic rings. The van der Waals surface area contributed by atoms with Gasteiger partial charge in [-0.1, -0.05) is 19.1 Å². The van der Waals surface area contributed by atoms with E-state index < -0.39 is 0 Å². The fourth-order valence-electron chi connectivity index (χ4n) is 2.96. The van der Waals surface area contributed by atoms with Crippen molar-refractivity contribution in [1.82, 2.24) is 10.2 Å². The summed E-state index contributed by atoms with van der Waals surface area (Å²) in [4.78, 5) is 2.53. The second kappa shape index (κ2) is 6.21. The van der Waals surface area contributed by atoms with Crippen LogP contribution < -0.4 is 5.32 Å². The molecule has 3 rings (SSSR count). The van der Waals surface area contributed by atoms with E-state index in [9.17, 15) is 4.39 Å². The maximum Gasteiger partial charge on any atom is 0.123 e. The molecule has 1 N–H and O–H groups in total. The average Bonchev–Trinajstić information content (AvgIpc) is 3.05. The number of rotatable bonds is 3. The highest BCUT2D eigenvalue weighted by atomic mass is 35.5.